The van der Waals surface area contributed by atoms with Crippen molar-refractivity contribution in [2.75, 3.05) is 6.61 Å². The average molecular weight is 380 g/mol. The van der Waals surface area contributed by atoms with Gasteiger partial charge in [0.05, 0.1) is 17.9 Å². The van der Waals surface area contributed by atoms with Gasteiger partial charge in [0.15, 0.2) is 0 Å². The molecule has 0 bridgehead atoms. The normalized spacial score (nSPS) is 10.7. The number of hydrogen-bond donors (Lipinski definition) is 0. The third-order valence-corrected chi connectivity index (χ3v) is 3.93. The van der Waals surface area contributed by atoms with Crippen molar-refractivity contribution in [3.05, 3.63) is 88.9 Å². The van der Waals surface area contributed by atoms with Crippen molar-refractivity contribution in [3.8, 4) is 11.5 Å². The van der Waals surface area contributed by atoms with Crippen molar-refractivity contribution in [3.63, 3.8) is 0 Å². The molecule has 0 N–H and O–H groups in total. The van der Waals surface area contributed by atoms with Crippen molar-refractivity contribution in [1.29, 1.82) is 0 Å². The number of aliphatic imine (C=N–C) groups is 1. The quantitative estimate of drug-likeness (QED) is 0.313. The first-order valence-electron chi connectivity index (χ1n) is 8.49. The van der Waals surface area contributed by atoms with Gasteiger partial charge in [-0.1, -0.05) is 11.6 Å². The van der Waals surface area contributed by atoms with Crippen LogP contribution in [0.2, 0.25) is 5.02 Å². The zero-order valence-corrected chi connectivity index (χ0v) is 15.5. The highest BCUT2D eigenvalue weighted by atomic mass is 35.5. The fourth-order valence-corrected chi connectivity index (χ4v) is 2.44. The van der Waals surface area contributed by atoms with Gasteiger partial charge in [0.1, 0.15) is 11.5 Å². The fourth-order valence-electron chi connectivity index (χ4n) is 2.32. The predicted octanol–water partition coefficient (Wildman–Crippen LogP) is 5.71. The van der Waals surface area contributed by atoms with Crippen LogP contribution in [0.3, 0.4) is 0 Å². The van der Waals surface area contributed by atoms with Crippen molar-refractivity contribution >= 4 is 29.5 Å². The minimum atomic E-state index is -0.416. The first kappa shape index (κ1) is 18.7. The van der Waals surface area contributed by atoms with E-state index in [9.17, 15) is 4.79 Å². The molecule has 0 spiro atoms. The summed E-state index contributed by atoms with van der Waals surface area (Å²) >= 11 is 5.85. The van der Waals surface area contributed by atoms with Gasteiger partial charge in [-0.3, -0.25) is 4.99 Å². The van der Waals surface area contributed by atoms with E-state index >= 15 is 0 Å². The largest absolute Gasteiger partial charge is 0.494 e. The summed E-state index contributed by atoms with van der Waals surface area (Å²) in [5.74, 6) is 0.775. The molecule has 5 heteroatoms. The van der Waals surface area contributed by atoms with Crippen LogP contribution in [0.25, 0.3) is 0 Å². The van der Waals surface area contributed by atoms with E-state index in [-0.39, 0.29) is 0 Å². The highest BCUT2D eigenvalue weighted by Gasteiger charge is 2.08. The Balaban J connectivity index is 1.61. The number of esters is 1. The van der Waals surface area contributed by atoms with Gasteiger partial charge in [-0.25, -0.2) is 4.79 Å². The molecule has 136 valence electrons. The summed E-state index contributed by atoms with van der Waals surface area (Å²) in [4.78, 5) is 16.6. The minimum absolute atomic E-state index is 0.416. The summed E-state index contributed by atoms with van der Waals surface area (Å²) < 4.78 is 10.8. The Labute approximate surface area is 163 Å². The van der Waals surface area contributed by atoms with E-state index in [0.717, 1.165) is 17.0 Å². The van der Waals surface area contributed by atoms with Crippen LogP contribution in [-0.2, 0) is 0 Å². The summed E-state index contributed by atoms with van der Waals surface area (Å²) in [6.45, 7) is 2.49. The van der Waals surface area contributed by atoms with E-state index in [1.165, 1.54) is 0 Å². The Kier molecular flexibility index (Phi) is 6.23. The lowest BCUT2D eigenvalue weighted by molar-refractivity contribution is 0.0734. The molecular weight excluding hydrogens is 362 g/mol. The Morgan fingerprint density at radius 2 is 1.56 bits per heavy atom. The van der Waals surface area contributed by atoms with Crippen molar-refractivity contribution in [2.45, 2.75) is 6.92 Å². The lowest BCUT2D eigenvalue weighted by Crippen LogP contribution is -2.08. The Morgan fingerprint density at radius 3 is 2.19 bits per heavy atom. The van der Waals surface area contributed by atoms with Crippen molar-refractivity contribution in [2.24, 2.45) is 4.99 Å². The second-order valence-corrected chi connectivity index (χ2v) is 6.09. The fraction of sp³-hybridized carbons (Fsp3) is 0.0909. The van der Waals surface area contributed by atoms with Crippen LogP contribution >= 0.6 is 11.6 Å². The van der Waals surface area contributed by atoms with Gasteiger partial charge in [0, 0.05) is 11.2 Å². The van der Waals surface area contributed by atoms with Crippen molar-refractivity contribution in [1.82, 2.24) is 0 Å². The first-order chi connectivity index (χ1) is 13.1. The molecule has 0 unspecified atom stereocenters. The second-order valence-electron chi connectivity index (χ2n) is 5.65. The molecule has 0 heterocycles. The zero-order chi connectivity index (χ0) is 19.1. The van der Waals surface area contributed by atoms with Crippen LogP contribution in [0.4, 0.5) is 5.69 Å². The molecule has 0 aliphatic heterocycles. The summed E-state index contributed by atoms with van der Waals surface area (Å²) in [5, 5.41) is 0.674. The SMILES string of the molecule is CCOc1ccc(C(=O)Oc2ccc(C=Nc3ccc(Cl)cc3)cc2)cc1. The molecule has 27 heavy (non-hydrogen) atoms. The van der Waals surface area contributed by atoms with Gasteiger partial charge in [-0.05, 0) is 85.3 Å². The topological polar surface area (TPSA) is 47.9 Å². The molecule has 0 atom stereocenters. The summed E-state index contributed by atoms with van der Waals surface area (Å²) in [5.41, 5.74) is 2.17. The standard InChI is InChI=1S/C22H18ClNO3/c1-2-26-20-13-5-17(6-14-20)22(25)27-21-11-3-16(4-12-21)15-24-19-9-7-18(23)8-10-19/h3-15H,2H2,1H3. The number of carbonyl (C=O) groups is 1. The zero-order valence-electron chi connectivity index (χ0n) is 14.8. The molecule has 0 amide bonds. The monoisotopic (exact) mass is 379 g/mol. The van der Waals surface area contributed by atoms with E-state index in [4.69, 9.17) is 21.1 Å². The Bertz CT molecular complexity index is 917. The lowest BCUT2D eigenvalue weighted by Gasteiger charge is -2.06. The number of benzene rings is 3. The maximum atomic E-state index is 12.2. The summed E-state index contributed by atoms with van der Waals surface area (Å²) in [6, 6.07) is 21.2. The van der Waals surface area contributed by atoms with Crippen LogP contribution in [0.15, 0.2) is 77.8 Å². The predicted molar refractivity (Wildman–Crippen MR) is 108 cm³/mol. The Morgan fingerprint density at radius 1 is 0.926 bits per heavy atom. The van der Waals surface area contributed by atoms with E-state index in [0.29, 0.717) is 22.9 Å². The molecule has 0 saturated heterocycles. The molecule has 0 aliphatic carbocycles. The maximum Gasteiger partial charge on any atom is 0.343 e. The highest BCUT2D eigenvalue weighted by Crippen LogP contribution is 2.18. The van der Waals surface area contributed by atoms with Crippen LogP contribution in [0, 0.1) is 0 Å². The molecule has 3 rings (SSSR count). The number of carbonyl (C=O) groups excluding carboxylic acids is 1. The molecule has 4 nitrogen and oxygen atoms in total. The molecule has 0 aliphatic rings. The van der Waals surface area contributed by atoms with Crippen LogP contribution in [0.5, 0.6) is 11.5 Å². The number of rotatable bonds is 6. The van der Waals surface area contributed by atoms with Gasteiger partial charge >= 0.3 is 5.97 Å². The summed E-state index contributed by atoms with van der Waals surface area (Å²) in [6.07, 6.45) is 1.74. The van der Waals surface area contributed by atoms with Crippen molar-refractivity contribution < 1.29 is 14.3 Å². The van der Waals surface area contributed by atoms with Crippen LogP contribution in [-0.4, -0.2) is 18.8 Å². The van der Waals surface area contributed by atoms with Gasteiger partial charge < -0.3 is 9.47 Å². The number of hydrogen-bond acceptors (Lipinski definition) is 4. The van der Waals surface area contributed by atoms with E-state index in [1.807, 2.05) is 31.2 Å². The second kappa shape index (κ2) is 9.01. The first-order valence-corrected chi connectivity index (χ1v) is 8.86. The average Bonchev–Trinajstić information content (AvgIpc) is 2.69. The lowest BCUT2D eigenvalue weighted by atomic mass is 10.2. The summed E-state index contributed by atoms with van der Waals surface area (Å²) in [7, 11) is 0. The van der Waals surface area contributed by atoms with Crippen LogP contribution in [0.1, 0.15) is 22.8 Å². The highest BCUT2D eigenvalue weighted by molar-refractivity contribution is 6.30. The van der Waals surface area contributed by atoms with Crippen LogP contribution < -0.4 is 9.47 Å². The maximum absolute atomic E-state index is 12.2. The van der Waals surface area contributed by atoms with E-state index in [1.54, 1.807) is 54.7 Å². The molecule has 0 aromatic heterocycles. The minimum Gasteiger partial charge on any atom is -0.494 e. The molecular formula is C22H18ClNO3. The molecule has 3 aromatic rings. The number of nitrogens with zero attached hydrogens (tertiary/aromatic N) is 1. The smallest absolute Gasteiger partial charge is 0.343 e. The van der Waals surface area contributed by atoms with Gasteiger partial charge in [-0.15, -0.1) is 0 Å². The van der Waals surface area contributed by atoms with Gasteiger partial charge in [0.2, 0.25) is 0 Å². The Hall–Kier alpha value is -3.11. The third-order valence-electron chi connectivity index (χ3n) is 3.68. The molecule has 0 saturated carbocycles. The molecule has 3 aromatic carbocycles. The van der Waals surface area contributed by atoms with E-state index in [2.05, 4.69) is 4.99 Å². The van der Waals surface area contributed by atoms with Gasteiger partial charge in [0.25, 0.3) is 0 Å². The number of halogens is 1. The van der Waals surface area contributed by atoms with Gasteiger partial charge in [-0.2, -0.15) is 0 Å². The molecule has 0 fully saturated rings. The molecule has 0 radical (unpaired) electrons. The number of ether oxygens (including phenoxy) is 2. The third kappa shape index (κ3) is 5.43. The van der Waals surface area contributed by atoms with E-state index < -0.39 is 5.97 Å².